The van der Waals surface area contributed by atoms with Crippen molar-refractivity contribution in [2.75, 3.05) is 0 Å². The molecular formula is CaN2NaO4+. The summed E-state index contributed by atoms with van der Waals surface area (Å²) in [5, 5.41) is 18.0. The second kappa shape index (κ2) is 42.9. The Morgan fingerprint density at radius 1 is 1.00 bits per heavy atom. The molecule has 0 spiro atoms. The van der Waals surface area contributed by atoms with E-state index in [0.717, 1.165) is 10.7 Å². The Bertz CT molecular complexity index is 35.0. The largest absolute Gasteiger partial charge is 2.00 e. The Morgan fingerprint density at radius 2 is 1.00 bits per heavy atom. The fraction of sp³-hybridized carbons (Fsp3) is 0. The second-order valence-electron chi connectivity index (χ2n) is 0.149. The molecule has 0 atom stereocenters. The zero-order valence-corrected chi connectivity index (χ0v) is 8.44. The predicted molar refractivity (Wildman–Crippen MR) is 24.1 cm³/mol. The summed E-state index contributed by atoms with van der Waals surface area (Å²) in [6.45, 7) is 0. The topological polar surface area (TPSA) is 105 Å². The van der Waals surface area contributed by atoms with E-state index in [9.17, 15) is 0 Å². The molecule has 0 heterocycles. The van der Waals surface area contributed by atoms with Crippen LogP contribution in [0.1, 0.15) is 0 Å². The summed E-state index contributed by atoms with van der Waals surface area (Å²) < 4.78 is 0. The molecule has 0 saturated heterocycles. The first-order valence-electron chi connectivity index (χ1n) is 0.730. The summed E-state index contributed by atoms with van der Waals surface area (Å²) >= 11 is 0. The molecule has 0 bridgehead atoms. The van der Waals surface area contributed by atoms with Crippen molar-refractivity contribution in [1.29, 1.82) is 0 Å². The summed E-state index contributed by atoms with van der Waals surface area (Å²) in [5.41, 5.74) is 0. The first-order valence-corrected chi connectivity index (χ1v) is 0.730. The second-order valence-corrected chi connectivity index (χ2v) is 0.149. The van der Waals surface area contributed by atoms with E-state index in [1.807, 2.05) is 0 Å². The van der Waals surface area contributed by atoms with Gasteiger partial charge in [0.25, 0.3) is 0 Å². The van der Waals surface area contributed by atoms with E-state index >= 15 is 0 Å². The third-order valence-electron chi connectivity index (χ3n) is 0. The van der Waals surface area contributed by atoms with E-state index in [4.69, 9.17) is 20.2 Å². The number of hydrogen-bond acceptors (Lipinski definition) is 6. The minimum atomic E-state index is 0. The van der Waals surface area contributed by atoms with Gasteiger partial charge in [-0.15, -0.1) is 10.7 Å². The number of hydrogen-bond donors (Lipinski definition) is 0. The van der Waals surface area contributed by atoms with Crippen LogP contribution in [0.3, 0.4) is 0 Å². The van der Waals surface area contributed by atoms with Crippen LogP contribution < -0.4 is 29.6 Å². The molecule has 0 aliphatic carbocycles. The molecule has 0 aromatic rings. The quantitative estimate of drug-likeness (QED) is 0.213. The van der Waals surface area contributed by atoms with Gasteiger partial charge in [-0.1, -0.05) is 0 Å². The number of rotatable bonds is 0. The van der Waals surface area contributed by atoms with Gasteiger partial charge in [0.15, 0.2) is 0 Å². The van der Waals surface area contributed by atoms with E-state index in [0.29, 0.717) is 0 Å². The van der Waals surface area contributed by atoms with Gasteiger partial charge < -0.3 is 20.2 Å². The van der Waals surface area contributed by atoms with Crippen molar-refractivity contribution in [1.82, 2.24) is 0 Å². The first-order chi connectivity index (χ1) is 2.83. The monoisotopic (exact) mass is 155 g/mol. The molecule has 8 heteroatoms. The predicted octanol–water partition coefficient (Wildman–Crippen LogP) is -2.88. The van der Waals surface area contributed by atoms with Crippen LogP contribution in [-0.4, -0.2) is 37.7 Å². The maximum atomic E-state index is 8.00. The average Bonchev–Trinajstić information content (AvgIpc) is 1.39. The third-order valence-corrected chi connectivity index (χ3v) is 0. The smallest absolute Gasteiger partial charge is 0.444 e. The van der Waals surface area contributed by atoms with E-state index in [2.05, 4.69) is 0 Å². The van der Waals surface area contributed by atoms with Crippen molar-refractivity contribution in [3.8, 4) is 0 Å². The van der Waals surface area contributed by atoms with Gasteiger partial charge >= 0.3 is 67.3 Å². The Balaban J connectivity index is -0.0000000160. The third kappa shape index (κ3) is 231. The van der Waals surface area contributed by atoms with Gasteiger partial charge in [-0.05, 0) is 0 Å². The van der Waals surface area contributed by atoms with Crippen molar-refractivity contribution < 1.29 is 29.6 Å². The molecule has 0 aliphatic heterocycles. The van der Waals surface area contributed by atoms with Crippen LogP contribution in [0, 0.1) is 20.2 Å². The van der Waals surface area contributed by atoms with E-state index in [-0.39, 0.29) is 67.3 Å². The Morgan fingerprint density at radius 3 is 1.00 bits per heavy atom. The molecule has 0 N–H and O–H groups in total. The standard InChI is InChI=1S/Ca.2HNO2.Na/c;2*2-1-3;/h;2*(H,2,3);/q+2;;;+1/p-2. The maximum Gasteiger partial charge on any atom is 2.00 e. The van der Waals surface area contributed by atoms with E-state index in [1.54, 1.807) is 0 Å². The van der Waals surface area contributed by atoms with Crippen LogP contribution in [0.15, 0.2) is 10.7 Å². The molecule has 0 rings (SSSR count). The van der Waals surface area contributed by atoms with Crippen molar-refractivity contribution in [2.24, 2.45) is 10.7 Å². The van der Waals surface area contributed by atoms with Gasteiger partial charge in [0, 0.05) is 0 Å². The normalized spacial score (nSPS) is 3.00. The number of nitrogens with zero attached hydrogens (tertiary/aromatic N) is 2. The van der Waals surface area contributed by atoms with Gasteiger partial charge in [0.1, 0.15) is 0 Å². The van der Waals surface area contributed by atoms with Crippen molar-refractivity contribution in [3.05, 3.63) is 20.2 Å². The molecule has 8 heavy (non-hydrogen) atoms. The molecule has 0 radical (unpaired) electrons. The summed E-state index contributed by atoms with van der Waals surface area (Å²) in [6.07, 6.45) is 0. The summed E-state index contributed by atoms with van der Waals surface area (Å²) in [6, 6.07) is 0. The molecule has 0 unspecified atom stereocenters. The van der Waals surface area contributed by atoms with Crippen LogP contribution in [0.25, 0.3) is 0 Å². The molecule has 36 valence electrons. The molecule has 0 aliphatic rings. The maximum absolute atomic E-state index is 8.00. The fourth-order valence-electron chi connectivity index (χ4n) is 0. The van der Waals surface area contributed by atoms with E-state index < -0.39 is 0 Å². The van der Waals surface area contributed by atoms with Gasteiger partial charge in [-0.3, -0.25) is 0 Å². The zero-order chi connectivity index (χ0) is 5.41. The van der Waals surface area contributed by atoms with Gasteiger partial charge in [-0.25, -0.2) is 0 Å². The summed E-state index contributed by atoms with van der Waals surface area (Å²) in [5.74, 6) is 0. The van der Waals surface area contributed by atoms with Crippen LogP contribution in [0.5, 0.6) is 0 Å². The molecule has 0 saturated carbocycles. The van der Waals surface area contributed by atoms with Crippen molar-refractivity contribution in [2.45, 2.75) is 0 Å². The molecule has 0 aromatic carbocycles. The molecule has 0 aromatic heterocycles. The first kappa shape index (κ1) is 23.0. The summed E-state index contributed by atoms with van der Waals surface area (Å²) in [7, 11) is 0. The zero-order valence-electron chi connectivity index (χ0n) is 4.23. The average molecular weight is 155 g/mol. The minimum absolute atomic E-state index is 0. The molecule has 6 nitrogen and oxygen atoms in total. The van der Waals surface area contributed by atoms with Crippen LogP contribution in [0.4, 0.5) is 0 Å². The minimum Gasteiger partial charge on any atom is -0.444 e. The molecular weight excluding hydrogens is 155 g/mol. The Hall–Kier alpha value is 1.06. The molecule has 0 amide bonds. The Kier molecular flexibility index (Phi) is 123. The van der Waals surface area contributed by atoms with Crippen LogP contribution in [-0.2, 0) is 0 Å². The fourth-order valence-corrected chi connectivity index (χ4v) is 0. The van der Waals surface area contributed by atoms with Crippen molar-refractivity contribution >= 4 is 37.7 Å². The molecule has 0 fully saturated rings. The van der Waals surface area contributed by atoms with Gasteiger partial charge in [-0.2, -0.15) is 0 Å². The van der Waals surface area contributed by atoms with Crippen molar-refractivity contribution in [3.63, 3.8) is 0 Å². The van der Waals surface area contributed by atoms with Crippen LogP contribution >= 0.6 is 0 Å². The SMILES string of the molecule is O=N[O-].O=N[O-].[Ca+2].[Na+]. The summed E-state index contributed by atoms with van der Waals surface area (Å²) in [4.78, 5) is 16.0. The van der Waals surface area contributed by atoms with E-state index in [1.165, 1.54) is 0 Å². The van der Waals surface area contributed by atoms with Crippen LogP contribution in [0.2, 0.25) is 0 Å². The van der Waals surface area contributed by atoms with Gasteiger partial charge in [0.2, 0.25) is 0 Å². The Labute approximate surface area is 96.8 Å². The van der Waals surface area contributed by atoms with Gasteiger partial charge in [0.05, 0.1) is 0 Å².